The molecule has 0 aliphatic rings. The van der Waals surface area contributed by atoms with E-state index in [0.717, 1.165) is 0 Å². The van der Waals surface area contributed by atoms with E-state index in [9.17, 15) is 4.79 Å². The SMILES string of the molecule is COc1cccc(C=Nn2cnnc2)c1OC(C)C(=O)O. The zero-order chi connectivity index (χ0) is 15.2. The fourth-order valence-electron chi connectivity index (χ4n) is 1.53. The first-order valence-electron chi connectivity index (χ1n) is 6.07. The Morgan fingerprint density at radius 1 is 1.43 bits per heavy atom. The van der Waals surface area contributed by atoms with Gasteiger partial charge in [0.05, 0.1) is 13.3 Å². The van der Waals surface area contributed by atoms with Crippen LogP contribution in [0.3, 0.4) is 0 Å². The Bertz CT molecular complexity index is 640. The molecule has 0 bridgehead atoms. The van der Waals surface area contributed by atoms with Crippen LogP contribution in [0.2, 0.25) is 0 Å². The highest BCUT2D eigenvalue weighted by Crippen LogP contribution is 2.31. The van der Waals surface area contributed by atoms with Gasteiger partial charge in [-0.2, -0.15) is 5.10 Å². The minimum atomic E-state index is -1.07. The number of ether oxygens (including phenoxy) is 2. The fourth-order valence-corrected chi connectivity index (χ4v) is 1.53. The number of benzene rings is 1. The summed E-state index contributed by atoms with van der Waals surface area (Å²) in [6.07, 6.45) is 3.35. The Hall–Kier alpha value is -2.90. The number of methoxy groups -OCH3 is 1. The van der Waals surface area contributed by atoms with Crippen molar-refractivity contribution in [2.24, 2.45) is 5.10 Å². The third-order valence-corrected chi connectivity index (χ3v) is 2.61. The topological polar surface area (TPSA) is 98.8 Å². The molecular weight excluding hydrogens is 276 g/mol. The molecule has 0 saturated heterocycles. The van der Waals surface area contributed by atoms with Gasteiger partial charge in [0, 0.05) is 5.56 Å². The van der Waals surface area contributed by atoms with E-state index in [0.29, 0.717) is 17.1 Å². The van der Waals surface area contributed by atoms with Crippen LogP contribution < -0.4 is 9.47 Å². The van der Waals surface area contributed by atoms with Crippen molar-refractivity contribution in [2.45, 2.75) is 13.0 Å². The van der Waals surface area contributed by atoms with Crippen LogP contribution in [-0.2, 0) is 4.79 Å². The average molecular weight is 290 g/mol. The van der Waals surface area contributed by atoms with E-state index < -0.39 is 12.1 Å². The van der Waals surface area contributed by atoms with Crippen molar-refractivity contribution in [1.82, 2.24) is 14.9 Å². The van der Waals surface area contributed by atoms with E-state index in [1.54, 1.807) is 18.2 Å². The minimum Gasteiger partial charge on any atom is -0.493 e. The summed E-state index contributed by atoms with van der Waals surface area (Å²) in [5.74, 6) is -0.329. The van der Waals surface area contributed by atoms with Crippen LogP contribution in [-0.4, -0.2) is 45.4 Å². The molecule has 0 fully saturated rings. The molecule has 110 valence electrons. The number of para-hydroxylation sites is 1. The van der Waals surface area contributed by atoms with E-state index in [1.807, 2.05) is 0 Å². The number of hydrogen-bond donors (Lipinski definition) is 1. The molecule has 2 aromatic rings. The van der Waals surface area contributed by atoms with E-state index in [1.165, 1.54) is 37.6 Å². The normalized spacial score (nSPS) is 12.3. The second kappa shape index (κ2) is 6.51. The van der Waals surface area contributed by atoms with Gasteiger partial charge in [-0.15, -0.1) is 10.2 Å². The number of carbonyl (C=O) groups is 1. The quantitative estimate of drug-likeness (QED) is 0.797. The van der Waals surface area contributed by atoms with Crippen molar-refractivity contribution >= 4 is 12.2 Å². The molecule has 8 heteroatoms. The van der Waals surface area contributed by atoms with Crippen molar-refractivity contribution < 1.29 is 19.4 Å². The number of carboxylic acids is 1. The van der Waals surface area contributed by atoms with Crippen LogP contribution in [0.25, 0.3) is 0 Å². The molecule has 1 N–H and O–H groups in total. The van der Waals surface area contributed by atoms with Gasteiger partial charge < -0.3 is 14.6 Å². The van der Waals surface area contributed by atoms with E-state index in [-0.39, 0.29) is 0 Å². The Morgan fingerprint density at radius 3 is 2.76 bits per heavy atom. The molecular formula is C13H14N4O4. The summed E-state index contributed by atoms with van der Waals surface area (Å²) in [4.78, 5) is 10.9. The molecule has 0 amide bonds. The molecule has 0 radical (unpaired) electrons. The lowest BCUT2D eigenvalue weighted by Gasteiger charge is -2.15. The first-order valence-corrected chi connectivity index (χ1v) is 6.07. The van der Waals surface area contributed by atoms with E-state index in [2.05, 4.69) is 15.3 Å². The highest BCUT2D eigenvalue weighted by molar-refractivity contribution is 5.85. The van der Waals surface area contributed by atoms with Crippen molar-refractivity contribution in [2.75, 3.05) is 7.11 Å². The number of aromatic nitrogens is 3. The second-order valence-electron chi connectivity index (χ2n) is 4.06. The van der Waals surface area contributed by atoms with Gasteiger partial charge in [-0.1, -0.05) is 6.07 Å². The van der Waals surface area contributed by atoms with Crippen LogP contribution >= 0.6 is 0 Å². The molecule has 8 nitrogen and oxygen atoms in total. The highest BCUT2D eigenvalue weighted by atomic mass is 16.5. The van der Waals surface area contributed by atoms with Crippen LogP contribution in [0.5, 0.6) is 11.5 Å². The third kappa shape index (κ3) is 3.56. The third-order valence-electron chi connectivity index (χ3n) is 2.61. The molecule has 2 rings (SSSR count). The lowest BCUT2D eigenvalue weighted by atomic mass is 10.2. The molecule has 0 aliphatic carbocycles. The maximum atomic E-state index is 10.9. The van der Waals surface area contributed by atoms with Gasteiger partial charge in [0.2, 0.25) is 0 Å². The average Bonchev–Trinajstić information content (AvgIpc) is 2.99. The Labute approximate surface area is 120 Å². The summed E-state index contributed by atoms with van der Waals surface area (Å²) in [5, 5.41) is 20.3. The van der Waals surface area contributed by atoms with E-state index in [4.69, 9.17) is 14.6 Å². The fraction of sp³-hybridized carbons (Fsp3) is 0.231. The largest absolute Gasteiger partial charge is 0.493 e. The minimum absolute atomic E-state index is 0.312. The summed E-state index contributed by atoms with van der Waals surface area (Å²) >= 11 is 0. The predicted molar refractivity (Wildman–Crippen MR) is 73.7 cm³/mol. The molecule has 1 atom stereocenters. The predicted octanol–water partition coefficient (Wildman–Crippen LogP) is 1.02. The summed E-state index contributed by atoms with van der Waals surface area (Å²) in [5.41, 5.74) is 0.580. The Morgan fingerprint density at radius 2 is 2.14 bits per heavy atom. The second-order valence-corrected chi connectivity index (χ2v) is 4.06. The maximum absolute atomic E-state index is 10.9. The number of aliphatic carboxylic acids is 1. The molecule has 1 unspecified atom stereocenters. The summed E-state index contributed by atoms with van der Waals surface area (Å²) < 4.78 is 12.0. The molecule has 0 saturated carbocycles. The van der Waals surface area contributed by atoms with Gasteiger partial charge >= 0.3 is 5.97 Å². The number of hydrogen-bond acceptors (Lipinski definition) is 6. The van der Waals surface area contributed by atoms with Crippen molar-refractivity contribution in [3.63, 3.8) is 0 Å². The van der Waals surface area contributed by atoms with Gasteiger partial charge in [0.1, 0.15) is 12.7 Å². The lowest BCUT2D eigenvalue weighted by Crippen LogP contribution is -2.23. The first-order chi connectivity index (χ1) is 10.1. The zero-order valence-electron chi connectivity index (χ0n) is 11.5. The van der Waals surface area contributed by atoms with Crippen LogP contribution in [0.4, 0.5) is 0 Å². The summed E-state index contributed by atoms with van der Waals surface area (Å²) in [6, 6.07) is 5.17. The standard InChI is InChI=1S/C13H14N4O4/c1-9(13(18)19)21-12-10(4-3-5-11(12)20-2)6-16-17-7-14-15-8-17/h3-9H,1-2H3,(H,18,19). The number of carboxylic acid groups (broad SMARTS) is 1. The van der Waals surface area contributed by atoms with Gasteiger partial charge in [-0.25, -0.2) is 9.47 Å². The Balaban J connectivity index is 2.33. The zero-order valence-corrected chi connectivity index (χ0v) is 11.5. The summed E-state index contributed by atoms with van der Waals surface area (Å²) in [6.45, 7) is 1.44. The smallest absolute Gasteiger partial charge is 0.344 e. The summed E-state index contributed by atoms with van der Waals surface area (Å²) in [7, 11) is 1.48. The molecule has 1 aromatic heterocycles. The van der Waals surface area contributed by atoms with Gasteiger partial charge in [-0.3, -0.25) is 0 Å². The van der Waals surface area contributed by atoms with Gasteiger partial charge in [-0.05, 0) is 19.1 Å². The van der Waals surface area contributed by atoms with Crippen LogP contribution in [0, 0.1) is 0 Å². The van der Waals surface area contributed by atoms with Crippen LogP contribution in [0.15, 0.2) is 36.0 Å². The van der Waals surface area contributed by atoms with Crippen LogP contribution in [0.1, 0.15) is 12.5 Å². The molecule has 0 aliphatic heterocycles. The number of nitrogens with zero attached hydrogens (tertiary/aromatic N) is 4. The van der Waals surface area contributed by atoms with Crippen molar-refractivity contribution in [1.29, 1.82) is 0 Å². The Kier molecular flexibility index (Phi) is 4.50. The molecule has 1 aromatic carbocycles. The van der Waals surface area contributed by atoms with Crippen molar-refractivity contribution in [3.8, 4) is 11.5 Å². The highest BCUT2D eigenvalue weighted by Gasteiger charge is 2.17. The molecule has 21 heavy (non-hydrogen) atoms. The molecule has 1 heterocycles. The lowest BCUT2D eigenvalue weighted by molar-refractivity contribution is -0.144. The van der Waals surface area contributed by atoms with E-state index >= 15 is 0 Å². The van der Waals surface area contributed by atoms with Gasteiger partial charge in [0.15, 0.2) is 17.6 Å². The monoisotopic (exact) mass is 290 g/mol. The maximum Gasteiger partial charge on any atom is 0.344 e. The number of rotatable bonds is 6. The van der Waals surface area contributed by atoms with Gasteiger partial charge in [0.25, 0.3) is 0 Å². The molecule has 0 spiro atoms. The van der Waals surface area contributed by atoms with Crippen molar-refractivity contribution in [3.05, 3.63) is 36.4 Å². The first kappa shape index (κ1) is 14.5.